The number of halogens is 1. The number of amides is 1. The van der Waals surface area contributed by atoms with E-state index < -0.39 is 12.1 Å². The summed E-state index contributed by atoms with van der Waals surface area (Å²) in [5, 5.41) is 0.928. The van der Waals surface area contributed by atoms with Gasteiger partial charge in [0.05, 0.1) is 0 Å². The zero-order chi connectivity index (χ0) is 9.40. The Morgan fingerprint density at radius 1 is 1.25 bits per heavy atom. The van der Waals surface area contributed by atoms with Crippen molar-refractivity contribution in [1.29, 1.82) is 0 Å². The highest BCUT2D eigenvalue weighted by molar-refractivity contribution is 9.09. The van der Waals surface area contributed by atoms with Crippen molar-refractivity contribution >= 4 is 28.0 Å². The largest absolute Gasteiger partial charge is 0.412 e. The van der Waals surface area contributed by atoms with E-state index in [-0.39, 0.29) is 6.42 Å². The molecule has 0 fully saturated rings. The van der Waals surface area contributed by atoms with Crippen LogP contribution in [0, 0.1) is 0 Å². The molecule has 0 aliphatic heterocycles. The van der Waals surface area contributed by atoms with E-state index in [0.717, 1.165) is 24.6 Å². The van der Waals surface area contributed by atoms with E-state index in [4.69, 9.17) is 0 Å². The minimum atomic E-state index is -1.03. The van der Waals surface area contributed by atoms with Crippen LogP contribution in [0.3, 0.4) is 0 Å². The minimum absolute atomic E-state index is 0.260. The highest BCUT2D eigenvalue weighted by Crippen LogP contribution is 2.02. The van der Waals surface area contributed by atoms with E-state index in [1.54, 1.807) is 0 Å². The second-order valence-electron chi connectivity index (χ2n) is 2.29. The summed E-state index contributed by atoms with van der Waals surface area (Å²) in [6, 6.07) is 0. The summed E-state index contributed by atoms with van der Waals surface area (Å²) in [4.78, 5) is 20.8. The van der Waals surface area contributed by atoms with Crippen LogP contribution >= 0.6 is 15.9 Å². The third kappa shape index (κ3) is 7.53. The van der Waals surface area contributed by atoms with Crippen molar-refractivity contribution < 1.29 is 14.3 Å². The molecule has 0 aromatic heterocycles. The van der Waals surface area contributed by atoms with Crippen molar-refractivity contribution in [3.05, 3.63) is 0 Å². The van der Waals surface area contributed by atoms with E-state index in [1.165, 1.54) is 0 Å². The van der Waals surface area contributed by atoms with Gasteiger partial charge < -0.3 is 10.5 Å². The molecule has 0 aliphatic rings. The van der Waals surface area contributed by atoms with Gasteiger partial charge in [0.1, 0.15) is 0 Å². The second kappa shape index (κ2) is 7.09. The predicted octanol–water partition coefficient (Wildman–Crippen LogP) is 1.56. The van der Waals surface area contributed by atoms with E-state index in [2.05, 4.69) is 26.4 Å². The molecule has 70 valence electrons. The molecule has 2 N–H and O–H groups in total. The van der Waals surface area contributed by atoms with Crippen LogP contribution in [-0.2, 0) is 9.53 Å². The summed E-state index contributed by atoms with van der Waals surface area (Å²) in [5.74, 6) is -0.544. The Hall–Kier alpha value is -0.580. The normalized spacial score (nSPS) is 9.42. The molecule has 1 amide bonds. The van der Waals surface area contributed by atoms with Crippen molar-refractivity contribution in [3.8, 4) is 0 Å². The van der Waals surface area contributed by atoms with E-state index in [1.807, 2.05) is 0 Å². The maximum atomic E-state index is 10.7. The maximum absolute atomic E-state index is 10.7. The highest BCUT2D eigenvalue weighted by atomic mass is 79.9. The first kappa shape index (κ1) is 11.4. The van der Waals surface area contributed by atoms with Gasteiger partial charge in [0.25, 0.3) is 0 Å². The lowest BCUT2D eigenvalue weighted by Crippen LogP contribution is -2.18. The van der Waals surface area contributed by atoms with Crippen molar-refractivity contribution in [1.82, 2.24) is 0 Å². The molecule has 0 aromatic rings. The quantitative estimate of drug-likeness (QED) is 0.342. The van der Waals surface area contributed by atoms with Gasteiger partial charge in [-0.15, -0.1) is 0 Å². The molecule has 0 rings (SSSR count). The fraction of sp³-hybridized carbons (Fsp3) is 0.714. The van der Waals surface area contributed by atoms with Crippen LogP contribution in [0.5, 0.6) is 0 Å². The van der Waals surface area contributed by atoms with Crippen LogP contribution in [-0.4, -0.2) is 17.4 Å². The molecule has 0 atom stereocenters. The van der Waals surface area contributed by atoms with Crippen molar-refractivity contribution in [2.75, 3.05) is 5.33 Å². The summed E-state index contributed by atoms with van der Waals surface area (Å²) in [7, 11) is 0. The van der Waals surface area contributed by atoms with Gasteiger partial charge in [-0.3, -0.25) is 4.79 Å². The van der Waals surface area contributed by atoms with Gasteiger partial charge >= 0.3 is 12.1 Å². The molecule has 5 heteroatoms. The van der Waals surface area contributed by atoms with Gasteiger partial charge in [0, 0.05) is 11.8 Å². The molecule has 0 bridgehead atoms. The summed E-state index contributed by atoms with van der Waals surface area (Å²) in [6.45, 7) is 0. The summed E-state index contributed by atoms with van der Waals surface area (Å²) in [5.41, 5.74) is 4.63. The summed E-state index contributed by atoms with van der Waals surface area (Å²) >= 11 is 3.27. The lowest BCUT2D eigenvalue weighted by atomic mass is 10.2. The maximum Gasteiger partial charge on any atom is 0.412 e. The molecule has 0 saturated heterocycles. The topological polar surface area (TPSA) is 69.4 Å². The molecule has 4 nitrogen and oxygen atoms in total. The second-order valence-corrected chi connectivity index (χ2v) is 3.09. The van der Waals surface area contributed by atoms with Crippen LogP contribution in [0.25, 0.3) is 0 Å². The number of hydrogen-bond acceptors (Lipinski definition) is 3. The molecule has 0 heterocycles. The fourth-order valence-electron chi connectivity index (χ4n) is 0.704. The molecule has 0 aliphatic carbocycles. The molecule has 12 heavy (non-hydrogen) atoms. The summed E-state index contributed by atoms with van der Waals surface area (Å²) < 4.78 is 4.12. The number of esters is 1. The molecule has 0 saturated carbocycles. The third-order valence-electron chi connectivity index (χ3n) is 1.23. The van der Waals surface area contributed by atoms with Gasteiger partial charge in [0.15, 0.2) is 0 Å². The Morgan fingerprint density at radius 3 is 2.42 bits per heavy atom. The van der Waals surface area contributed by atoms with E-state index in [9.17, 15) is 9.59 Å². The Bertz CT molecular complexity index is 161. The number of hydrogen-bond donors (Lipinski definition) is 1. The Labute approximate surface area is 79.6 Å². The number of nitrogens with two attached hydrogens (primary N) is 1. The van der Waals surface area contributed by atoms with E-state index >= 15 is 0 Å². The summed E-state index contributed by atoms with van der Waals surface area (Å²) in [6.07, 6.45) is 1.93. The number of primary amides is 1. The molecular formula is C7H12BrNO3. The van der Waals surface area contributed by atoms with Crippen LogP contribution in [0.1, 0.15) is 25.7 Å². The average Bonchev–Trinajstić information content (AvgIpc) is 1.97. The molecule has 0 spiro atoms. The molecular weight excluding hydrogens is 226 g/mol. The van der Waals surface area contributed by atoms with Gasteiger partial charge in [-0.25, -0.2) is 4.79 Å². The van der Waals surface area contributed by atoms with Crippen LogP contribution in [0.2, 0.25) is 0 Å². The Kier molecular flexibility index (Phi) is 6.75. The minimum Gasteiger partial charge on any atom is -0.376 e. The third-order valence-corrected chi connectivity index (χ3v) is 1.79. The zero-order valence-electron chi connectivity index (χ0n) is 6.72. The van der Waals surface area contributed by atoms with Gasteiger partial charge in [-0.1, -0.05) is 22.4 Å². The lowest BCUT2D eigenvalue weighted by Gasteiger charge is -1.98. The lowest BCUT2D eigenvalue weighted by molar-refractivity contribution is -0.137. The van der Waals surface area contributed by atoms with Gasteiger partial charge in [-0.2, -0.15) is 0 Å². The number of unbranched alkanes of at least 4 members (excludes halogenated alkanes) is 2. The number of ether oxygens (including phenoxy) is 1. The average molecular weight is 238 g/mol. The number of carbonyl (C=O) groups excluding carboxylic acids is 2. The van der Waals surface area contributed by atoms with Gasteiger partial charge in [-0.05, 0) is 12.8 Å². The van der Waals surface area contributed by atoms with Crippen LogP contribution < -0.4 is 5.73 Å². The SMILES string of the molecule is NC(=O)OC(=O)CCCCCBr. The van der Waals surface area contributed by atoms with E-state index in [0.29, 0.717) is 0 Å². The number of rotatable bonds is 5. The number of carbonyl (C=O) groups is 2. The fourth-order valence-corrected chi connectivity index (χ4v) is 1.10. The standard InChI is InChI=1S/C7H12BrNO3/c8-5-3-1-2-4-6(10)12-7(9)11/h1-5H2,(H2,9,11). The predicted molar refractivity (Wildman–Crippen MR) is 47.9 cm³/mol. The Morgan fingerprint density at radius 2 is 1.92 bits per heavy atom. The number of alkyl halides is 1. The smallest absolute Gasteiger partial charge is 0.376 e. The first-order chi connectivity index (χ1) is 5.66. The first-order valence-corrected chi connectivity index (χ1v) is 4.85. The van der Waals surface area contributed by atoms with Crippen molar-refractivity contribution in [2.24, 2.45) is 5.73 Å². The molecule has 0 radical (unpaired) electrons. The van der Waals surface area contributed by atoms with Crippen molar-refractivity contribution in [2.45, 2.75) is 25.7 Å². The van der Waals surface area contributed by atoms with Crippen LogP contribution in [0.4, 0.5) is 4.79 Å². The Balaban J connectivity index is 3.26. The zero-order valence-corrected chi connectivity index (χ0v) is 8.30. The molecule has 0 unspecified atom stereocenters. The molecule has 0 aromatic carbocycles. The monoisotopic (exact) mass is 237 g/mol. The van der Waals surface area contributed by atoms with Crippen molar-refractivity contribution in [3.63, 3.8) is 0 Å². The first-order valence-electron chi connectivity index (χ1n) is 3.73. The highest BCUT2D eigenvalue weighted by Gasteiger charge is 2.05. The van der Waals surface area contributed by atoms with Crippen LogP contribution in [0.15, 0.2) is 0 Å². The van der Waals surface area contributed by atoms with Gasteiger partial charge in [0.2, 0.25) is 0 Å².